The van der Waals surface area contributed by atoms with E-state index in [1.165, 1.54) is 11.1 Å². The van der Waals surface area contributed by atoms with Gasteiger partial charge in [-0.15, -0.1) is 0 Å². The topological polar surface area (TPSA) is 34.0 Å². The summed E-state index contributed by atoms with van der Waals surface area (Å²) in [7, 11) is 0. The molecule has 0 saturated heterocycles. The molecule has 0 atom stereocenters. The molecule has 5 heteroatoms. The van der Waals surface area contributed by atoms with Gasteiger partial charge in [0.15, 0.2) is 0 Å². The van der Waals surface area contributed by atoms with Crippen LogP contribution in [0.4, 0.5) is 0 Å². The van der Waals surface area contributed by atoms with E-state index in [0.717, 1.165) is 48.3 Å². The number of fused-ring (bicyclic) bond motifs is 1. The second kappa shape index (κ2) is 6.38. The molecule has 0 spiro atoms. The Morgan fingerprint density at radius 1 is 1.08 bits per heavy atom. The summed E-state index contributed by atoms with van der Waals surface area (Å²) in [6.45, 7) is 5.68. The van der Waals surface area contributed by atoms with E-state index in [9.17, 15) is 0 Å². The van der Waals surface area contributed by atoms with Crippen molar-refractivity contribution in [2.24, 2.45) is 0 Å². The van der Waals surface area contributed by atoms with Crippen molar-refractivity contribution in [3.8, 4) is 11.4 Å². The lowest BCUT2D eigenvalue weighted by Gasteiger charge is -2.27. The minimum atomic E-state index is 0.724. The van der Waals surface area contributed by atoms with Gasteiger partial charge in [0.05, 0.1) is 23.0 Å². The van der Waals surface area contributed by atoms with Crippen LogP contribution in [0.2, 0.25) is 5.02 Å². The van der Waals surface area contributed by atoms with Gasteiger partial charge in [-0.05, 0) is 24.6 Å². The molecule has 24 heavy (non-hydrogen) atoms. The van der Waals surface area contributed by atoms with Gasteiger partial charge in [-0.2, -0.15) is 5.10 Å². The summed E-state index contributed by atoms with van der Waals surface area (Å²) in [5, 5.41) is 5.39. The highest BCUT2D eigenvalue weighted by molar-refractivity contribution is 6.33. The summed E-state index contributed by atoms with van der Waals surface area (Å²) < 4.78 is 2.03. The Morgan fingerprint density at radius 3 is 2.67 bits per heavy atom. The second-order valence-electron chi connectivity index (χ2n) is 6.24. The third-order valence-electron chi connectivity index (χ3n) is 4.43. The number of aromatic nitrogens is 3. The van der Waals surface area contributed by atoms with E-state index in [1.54, 1.807) is 6.20 Å². The lowest BCUT2D eigenvalue weighted by molar-refractivity contribution is 0.205. The third-order valence-corrected chi connectivity index (χ3v) is 4.83. The molecule has 1 aromatic carbocycles. The van der Waals surface area contributed by atoms with Crippen molar-refractivity contribution in [3.63, 3.8) is 0 Å². The van der Waals surface area contributed by atoms with Gasteiger partial charge in [-0.1, -0.05) is 47.5 Å². The Morgan fingerprint density at radius 2 is 1.92 bits per heavy atom. The summed E-state index contributed by atoms with van der Waals surface area (Å²) in [6, 6.07) is 14.5. The molecule has 0 radical (unpaired) electrons. The first-order valence-corrected chi connectivity index (χ1v) is 8.53. The minimum Gasteiger partial charge on any atom is -0.291 e. The highest BCUT2D eigenvalue weighted by Crippen LogP contribution is 2.31. The van der Waals surface area contributed by atoms with Crippen LogP contribution >= 0.6 is 11.6 Å². The fourth-order valence-electron chi connectivity index (χ4n) is 3.09. The van der Waals surface area contributed by atoms with Crippen LogP contribution < -0.4 is 0 Å². The van der Waals surface area contributed by atoms with Crippen molar-refractivity contribution in [2.75, 3.05) is 6.54 Å². The maximum atomic E-state index is 6.62. The van der Waals surface area contributed by atoms with Gasteiger partial charge < -0.3 is 0 Å². The van der Waals surface area contributed by atoms with E-state index in [2.05, 4.69) is 46.2 Å². The summed E-state index contributed by atoms with van der Waals surface area (Å²) in [5.74, 6) is 0. The number of hydrogen-bond acceptors (Lipinski definition) is 3. The zero-order chi connectivity index (χ0) is 16.5. The fourth-order valence-corrected chi connectivity index (χ4v) is 3.38. The summed E-state index contributed by atoms with van der Waals surface area (Å²) >= 11 is 6.62. The van der Waals surface area contributed by atoms with Crippen molar-refractivity contribution in [3.05, 3.63) is 70.5 Å². The van der Waals surface area contributed by atoms with Crippen LogP contribution in [0.5, 0.6) is 0 Å². The number of benzene rings is 1. The number of nitrogens with zero attached hydrogens (tertiary/aromatic N) is 4. The van der Waals surface area contributed by atoms with Crippen LogP contribution in [0.15, 0.2) is 48.7 Å². The summed E-state index contributed by atoms with van der Waals surface area (Å²) in [4.78, 5) is 6.79. The first kappa shape index (κ1) is 15.4. The molecule has 0 unspecified atom stereocenters. The first-order chi connectivity index (χ1) is 11.7. The molecule has 1 aliphatic heterocycles. The molecule has 4 nitrogen and oxygen atoms in total. The van der Waals surface area contributed by atoms with Crippen molar-refractivity contribution < 1.29 is 0 Å². The van der Waals surface area contributed by atoms with Gasteiger partial charge in [0.1, 0.15) is 5.69 Å². The molecular weight excluding hydrogens is 320 g/mol. The fraction of sp³-hybridized carbons (Fsp3) is 0.263. The van der Waals surface area contributed by atoms with Crippen LogP contribution in [0.1, 0.15) is 16.8 Å². The molecular formula is C19H19ClN4. The van der Waals surface area contributed by atoms with Crippen molar-refractivity contribution >= 4 is 11.6 Å². The van der Waals surface area contributed by atoms with Crippen LogP contribution in [0.25, 0.3) is 11.4 Å². The Bertz CT molecular complexity index is 840. The maximum Gasteiger partial charge on any atom is 0.130 e. The van der Waals surface area contributed by atoms with E-state index in [-0.39, 0.29) is 0 Å². The molecule has 0 N–H and O–H groups in total. The second-order valence-corrected chi connectivity index (χ2v) is 6.62. The Hall–Kier alpha value is -2.17. The Kier molecular flexibility index (Phi) is 4.08. The largest absolute Gasteiger partial charge is 0.291 e. The van der Waals surface area contributed by atoms with Crippen LogP contribution in [0.3, 0.4) is 0 Å². The zero-order valence-corrected chi connectivity index (χ0v) is 14.4. The number of aryl methyl sites for hydroxylation is 1. The zero-order valence-electron chi connectivity index (χ0n) is 13.6. The highest BCUT2D eigenvalue weighted by atomic mass is 35.5. The summed E-state index contributed by atoms with van der Waals surface area (Å²) in [5.41, 5.74) is 5.31. The molecule has 0 bridgehead atoms. The SMILES string of the molecule is Cc1ccc(CN2CCn3nc(-c4ccccn4)c(Cl)c3C2)cc1. The number of hydrogen-bond donors (Lipinski definition) is 0. The molecule has 3 heterocycles. The van der Waals surface area contributed by atoms with Crippen molar-refractivity contribution in [2.45, 2.75) is 26.6 Å². The highest BCUT2D eigenvalue weighted by Gasteiger charge is 2.24. The lowest BCUT2D eigenvalue weighted by Crippen LogP contribution is -2.33. The molecule has 0 aliphatic carbocycles. The molecule has 0 amide bonds. The molecule has 3 aromatic rings. The number of pyridine rings is 1. The lowest BCUT2D eigenvalue weighted by atomic mass is 10.1. The van der Waals surface area contributed by atoms with Gasteiger partial charge in [-0.25, -0.2) is 0 Å². The predicted octanol–water partition coefficient (Wildman–Crippen LogP) is 3.92. The quantitative estimate of drug-likeness (QED) is 0.725. The maximum absolute atomic E-state index is 6.62. The van der Waals surface area contributed by atoms with Crippen LogP contribution in [0, 0.1) is 6.92 Å². The monoisotopic (exact) mass is 338 g/mol. The minimum absolute atomic E-state index is 0.724. The average molecular weight is 339 g/mol. The van der Waals surface area contributed by atoms with Crippen molar-refractivity contribution in [1.82, 2.24) is 19.7 Å². The smallest absolute Gasteiger partial charge is 0.130 e. The number of halogens is 1. The standard InChI is InChI=1S/C19H19ClN4/c1-14-5-7-15(8-6-14)12-23-10-11-24-17(13-23)18(20)19(22-24)16-4-2-3-9-21-16/h2-9H,10-13H2,1H3. The van der Waals surface area contributed by atoms with Gasteiger partial charge in [0.25, 0.3) is 0 Å². The Balaban J connectivity index is 1.57. The average Bonchev–Trinajstić information content (AvgIpc) is 2.94. The molecule has 1 aliphatic rings. The molecule has 4 rings (SSSR count). The normalized spacial score (nSPS) is 14.6. The van der Waals surface area contributed by atoms with Crippen LogP contribution in [-0.4, -0.2) is 26.2 Å². The summed E-state index contributed by atoms with van der Waals surface area (Å²) in [6.07, 6.45) is 1.77. The van der Waals surface area contributed by atoms with E-state index < -0.39 is 0 Å². The first-order valence-electron chi connectivity index (χ1n) is 8.15. The molecule has 2 aromatic heterocycles. The van der Waals surface area contributed by atoms with Gasteiger partial charge in [-0.3, -0.25) is 14.6 Å². The number of rotatable bonds is 3. The van der Waals surface area contributed by atoms with Crippen LogP contribution in [-0.2, 0) is 19.6 Å². The predicted molar refractivity (Wildman–Crippen MR) is 95.8 cm³/mol. The van der Waals surface area contributed by atoms with E-state index in [4.69, 9.17) is 11.6 Å². The molecule has 0 fully saturated rings. The molecule has 122 valence electrons. The van der Waals surface area contributed by atoms with Gasteiger partial charge in [0, 0.05) is 25.8 Å². The van der Waals surface area contributed by atoms with Crippen molar-refractivity contribution in [1.29, 1.82) is 0 Å². The third kappa shape index (κ3) is 2.95. The van der Waals surface area contributed by atoms with Gasteiger partial charge in [0.2, 0.25) is 0 Å². The van der Waals surface area contributed by atoms with Gasteiger partial charge >= 0.3 is 0 Å². The van der Waals surface area contributed by atoms with E-state index >= 15 is 0 Å². The van der Waals surface area contributed by atoms with E-state index in [1.807, 2.05) is 22.9 Å². The Labute approximate surface area is 146 Å². The molecule has 0 saturated carbocycles. The van der Waals surface area contributed by atoms with E-state index in [0.29, 0.717) is 0 Å².